The molecule has 0 aromatic carbocycles. The van der Waals surface area contributed by atoms with Gasteiger partial charge < -0.3 is 15.0 Å². The average molecular weight is 413 g/mol. The van der Waals surface area contributed by atoms with E-state index in [9.17, 15) is 9.59 Å². The van der Waals surface area contributed by atoms with Gasteiger partial charge in [0.2, 0.25) is 0 Å². The molecule has 1 atom stereocenters. The fraction of sp³-hybridized carbons (Fsp3) is 0.333. The number of aromatic nitrogens is 3. The number of fused-ring (bicyclic) bond motifs is 1. The van der Waals surface area contributed by atoms with E-state index in [1.54, 1.807) is 31.5 Å². The molecule has 7 nitrogen and oxygen atoms in total. The molecule has 0 bridgehead atoms. The number of allylic oxidation sites excluding steroid dienone is 1. The number of anilines is 1. The summed E-state index contributed by atoms with van der Waals surface area (Å²) < 4.78 is 5.29. The molecular weight excluding hydrogens is 388 g/mol. The molecule has 0 radical (unpaired) electrons. The number of carbonyl (C=O) groups is 1. The van der Waals surface area contributed by atoms with Crippen molar-refractivity contribution in [2.75, 3.05) is 17.7 Å². The van der Waals surface area contributed by atoms with E-state index in [0.717, 1.165) is 11.3 Å². The Morgan fingerprint density at radius 1 is 1.38 bits per heavy atom. The van der Waals surface area contributed by atoms with Crippen molar-refractivity contribution in [1.29, 1.82) is 0 Å². The summed E-state index contributed by atoms with van der Waals surface area (Å²) in [5.41, 5.74) is 1.85. The van der Waals surface area contributed by atoms with Crippen LogP contribution < -0.4 is 10.9 Å². The maximum atomic E-state index is 13.0. The minimum atomic E-state index is -0.605. The third-order valence-corrected chi connectivity index (χ3v) is 5.67. The highest BCUT2D eigenvalue weighted by Crippen LogP contribution is 2.39. The van der Waals surface area contributed by atoms with E-state index in [4.69, 9.17) is 4.74 Å². The van der Waals surface area contributed by atoms with Crippen LogP contribution in [-0.4, -0.2) is 33.3 Å². The van der Waals surface area contributed by atoms with Crippen LogP contribution in [0, 0.1) is 5.92 Å². The van der Waals surface area contributed by atoms with E-state index < -0.39 is 11.9 Å². The Morgan fingerprint density at radius 3 is 2.76 bits per heavy atom. The average Bonchev–Trinajstić information content (AvgIpc) is 2.70. The summed E-state index contributed by atoms with van der Waals surface area (Å²) in [6, 6.07) is 3.57. The van der Waals surface area contributed by atoms with Gasteiger partial charge in [-0.25, -0.2) is 9.78 Å². The van der Waals surface area contributed by atoms with Gasteiger partial charge in [-0.2, -0.15) is 0 Å². The summed E-state index contributed by atoms with van der Waals surface area (Å²) in [5, 5.41) is 3.68. The summed E-state index contributed by atoms with van der Waals surface area (Å²) in [7, 11) is 0. The van der Waals surface area contributed by atoms with E-state index in [1.165, 1.54) is 17.8 Å². The van der Waals surface area contributed by atoms with E-state index in [0.29, 0.717) is 33.7 Å². The number of thioether (sulfide) groups is 1. The first-order valence-electron chi connectivity index (χ1n) is 9.35. The monoisotopic (exact) mass is 412 g/mol. The second-order valence-electron chi connectivity index (χ2n) is 7.10. The third kappa shape index (κ3) is 4.59. The molecule has 0 spiro atoms. The number of rotatable bonds is 7. The number of nitrogens with one attached hydrogen (secondary N) is 2. The molecule has 0 aliphatic carbocycles. The number of hydrogen-bond donors (Lipinski definition) is 2. The lowest BCUT2D eigenvalue weighted by molar-refractivity contribution is -0.138. The number of nitrogens with zero attached hydrogens (tertiary/aromatic N) is 2. The fourth-order valence-corrected chi connectivity index (χ4v) is 3.93. The van der Waals surface area contributed by atoms with Crippen molar-refractivity contribution in [2.24, 2.45) is 5.92 Å². The van der Waals surface area contributed by atoms with Gasteiger partial charge in [0.25, 0.3) is 5.56 Å². The Morgan fingerprint density at radius 2 is 2.10 bits per heavy atom. The summed E-state index contributed by atoms with van der Waals surface area (Å²) in [6.45, 7) is 9.66. The van der Waals surface area contributed by atoms with Crippen LogP contribution in [0.1, 0.15) is 37.8 Å². The number of ether oxygens (including phenoxy) is 1. The van der Waals surface area contributed by atoms with Gasteiger partial charge in [-0.05, 0) is 30.5 Å². The number of carbonyl (C=O) groups excluding carboxylic acids is 1. The summed E-state index contributed by atoms with van der Waals surface area (Å²) in [6.07, 6.45) is 4.77. The van der Waals surface area contributed by atoms with Gasteiger partial charge in [0.15, 0.2) is 5.16 Å². The second kappa shape index (κ2) is 9.09. The van der Waals surface area contributed by atoms with Crippen LogP contribution in [0.3, 0.4) is 0 Å². The Bertz CT molecular complexity index is 999. The van der Waals surface area contributed by atoms with Crippen LogP contribution in [0.5, 0.6) is 0 Å². The van der Waals surface area contributed by atoms with Crippen LogP contribution in [0.25, 0.3) is 0 Å². The Hall–Kier alpha value is -2.87. The maximum Gasteiger partial charge on any atom is 0.337 e. The normalized spacial score (nSPS) is 15.7. The lowest BCUT2D eigenvalue weighted by Crippen LogP contribution is -2.31. The molecule has 1 aliphatic heterocycles. The second-order valence-corrected chi connectivity index (χ2v) is 8.11. The Balaban J connectivity index is 2.12. The molecule has 0 fully saturated rings. The van der Waals surface area contributed by atoms with Crippen molar-refractivity contribution in [3.8, 4) is 0 Å². The fourth-order valence-electron chi connectivity index (χ4n) is 3.12. The van der Waals surface area contributed by atoms with Gasteiger partial charge in [-0.1, -0.05) is 38.3 Å². The van der Waals surface area contributed by atoms with E-state index in [-0.39, 0.29) is 12.2 Å². The van der Waals surface area contributed by atoms with Crippen LogP contribution in [-0.2, 0) is 9.53 Å². The smallest absolute Gasteiger partial charge is 0.337 e. The highest BCUT2D eigenvalue weighted by Gasteiger charge is 2.36. The van der Waals surface area contributed by atoms with Crippen molar-refractivity contribution in [2.45, 2.75) is 31.8 Å². The van der Waals surface area contributed by atoms with Gasteiger partial charge >= 0.3 is 5.97 Å². The number of esters is 1. The first-order valence-corrected chi connectivity index (χ1v) is 10.3. The molecule has 3 heterocycles. The van der Waals surface area contributed by atoms with E-state index in [2.05, 4.69) is 40.7 Å². The van der Waals surface area contributed by atoms with Gasteiger partial charge in [-0.3, -0.25) is 9.78 Å². The van der Waals surface area contributed by atoms with Crippen molar-refractivity contribution >= 4 is 23.5 Å². The molecule has 3 rings (SSSR count). The van der Waals surface area contributed by atoms with Crippen molar-refractivity contribution < 1.29 is 9.53 Å². The molecule has 2 aromatic rings. The molecule has 1 unspecified atom stereocenters. The lowest BCUT2D eigenvalue weighted by atomic mass is 9.83. The minimum absolute atomic E-state index is 0.0882. The van der Waals surface area contributed by atoms with Crippen LogP contribution in [0.15, 0.2) is 58.4 Å². The number of H-pyrrole nitrogens is 1. The minimum Gasteiger partial charge on any atom is -0.458 e. The molecule has 2 aromatic heterocycles. The van der Waals surface area contributed by atoms with Crippen LogP contribution >= 0.6 is 11.8 Å². The van der Waals surface area contributed by atoms with Gasteiger partial charge in [-0.15, -0.1) is 0 Å². The lowest BCUT2D eigenvalue weighted by Gasteiger charge is -2.28. The van der Waals surface area contributed by atoms with E-state index >= 15 is 0 Å². The molecular formula is C21H24N4O3S. The quantitative estimate of drug-likeness (QED) is 0.311. The first kappa shape index (κ1) is 20.9. The number of pyridine rings is 1. The molecule has 0 saturated heterocycles. The Kier molecular flexibility index (Phi) is 6.53. The predicted molar refractivity (Wildman–Crippen MR) is 114 cm³/mol. The van der Waals surface area contributed by atoms with Gasteiger partial charge in [0.1, 0.15) is 12.4 Å². The zero-order chi connectivity index (χ0) is 21.0. The standard InChI is InChI=1S/C21H24N4O3S/c1-5-10-28-20(27)15-13(4)23-18-17(16(15)14-6-8-22-9-7-14)19(26)25-21(24-18)29-11-12(2)3/h5-9,12,16H,1,10-11H2,2-4H3,(H2,23,24,25,26). The topological polar surface area (TPSA) is 97.0 Å². The summed E-state index contributed by atoms with van der Waals surface area (Å²) in [4.78, 5) is 37.4. The highest BCUT2D eigenvalue weighted by molar-refractivity contribution is 7.99. The van der Waals surface area contributed by atoms with Crippen LogP contribution in [0.4, 0.5) is 5.82 Å². The highest BCUT2D eigenvalue weighted by atomic mass is 32.2. The first-order chi connectivity index (χ1) is 13.9. The molecule has 2 N–H and O–H groups in total. The van der Waals surface area contributed by atoms with Gasteiger partial charge in [0, 0.05) is 23.8 Å². The van der Waals surface area contributed by atoms with Crippen molar-refractivity contribution in [1.82, 2.24) is 15.0 Å². The zero-order valence-electron chi connectivity index (χ0n) is 16.7. The van der Waals surface area contributed by atoms with Crippen molar-refractivity contribution in [3.63, 3.8) is 0 Å². The molecule has 0 amide bonds. The number of aromatic amines is 1. The molecule has 29 heavy (non-hydrogen) atoms. The molecule has 0 saturated carbocycles. The molecule has 1 aliphatic rings. The van der Waals surface area contributed by atoms with Gasteiger partial charge in [0.05, 0.1) is 17.1 Å². The van der Waals surface area contributed by atoms with E-state index in [1.807, 2.05) is 0 Å². The predicted octanol–water partition coefficient (Wildman–Crippen LogP) is 3.47. The summed E-state index contributed by atoms with van der Waals surface area (Å²) >= 11 is 1.50. The number of hydrogen-bond acceptors (Lipinski definition) is 7. The van der Waals surface area contributed by atoms with Crippen LogP contribution in [0.2, 0.25) is 0 Å². The molecule has 152 valence electrons. The summed E-state index contributed by atoms with van der Waals surface area (Å²) in [5.74, 6) is 0.655. The zero-order valence-corrected chi connectivity index (χ0v) is 17.5. The molecule has 8 heteroatoms. The van der Waals surface area contributed by atoms with Crippen molar-refractivity contribution in [3.05, 3.63) is 69.9 Å². The maximum absolute atomic E-state index is 13.0. The Labute approximate surface area is 173 Å². The third-order valence-electron chi connectivity index (χ3n) is 4.37. The SMILES string of the molecule is C=CCOC(=O)C1=C(C)Nc2nc(SCC(C)C)[nH]c(=O)c2C1c1ccncc1. The largest absolute Gasteiger partial charge is 0.458 e.